The number of amides is 3. The van der Waals surface area contributed by atoms with Gasteiger partial charge in [-0.05, 0) is 37.1 Å². The van der Waals surface area contributed by atoms with Crippen molar-refractivity contribution in [2.24, 2.45) is 0 Å². The van der Waals surface area contributed by atoms with Crippen molar-refractivity contribution in [3.63, 3.8) is 0 Å². The minimum Gasteiger partial charge on any atom is -0.351 e. The molecule has 0 atom stereocenters. The molecule has 1 saturated carbocycles. The lowest BCUT2D eigenvalue weighted by atomic mass is 10.1. The molecule has 0 saturated heterocycles. The number of carbonyl (C=O) groups excluding carboxylic acids is 3. The maximum atomic E-state index is 13.6. The van der Waals surface area contributed by atoms with Crippen LogP contribution in [0.4, 0.5) is 14.5 Å². The minimum absolute atomic E-state index is 0.0437. The first-order valence-corrected chi connectivity index (χ1v) is 8.87. The molecule has 28 heavy (non-hydrogen) atoms. The molecule has 0 heterocycles. The number of halogens is 2. The normalized spacial score (nSPS) is 12.9. The zero-order valence-electron chi connectivity index (χ0n) is 14.9. The maximum Gasteiger partial charge on any atom is 0.254 e. The molecule has 3 amide bonds. The average molecular weight is 387 g/mol. The molecule has 0 bridgehead atoms. The van der Waals surface area contributed by atoms with Crippen LogP contribution in [0.25, 0.3) is 0 Å². The van der Waals surface area contributed by atoms with Crippen LogP contribution >= 0.6 is 0 Å². The number of hydrogen-bond acceptors (Lipinski definition) is 3. The molecule has 0 aromatic heterocycles. The third-order valence-electron chi connectivity index (χ3n) is 4.17. The van der Waals surface area contributed by atoms with E-state index in [1.54, 1.807) is 24.3 Å². The lowest BCUT2D eigenvalue weighted by Crippen LogP contribution is -2.29. The molecule has 0 radical (unpaired) electrons. The molecule has 0 unspecified atom stereocenters. The first-order chi connectivity index (χ1) is 13.4. The highest BCUT2D eigenvalue weighted by Crippen LogP contribution is 2.21. The van der Waals surface area contributed by atoms with E-state index < -0.39 is 23.4 Å². The van der Waals surface area contributed by atoms with Crippen LogP contribution in [0.15, 0.2) is 42.5 Å². The van der Waals surface area contributed by atoms with Crippen LogP contribution in [0.1, 0.15) is 40.0 Å². The molecule has 0 spiro atoms. The van der Waals surface area contributed by atoms with Crippen molar-refractivity contribution in [3.05, 3.63) is 65.2 Å². The van der Waals surface area contributed by atoms with E-state index in [9.17, 15) is 23.2 Å². The molecule has 0 aliphatic heterocycles. The van der Waals surface area contributed by atoms with Gasteiger partial charge in [-0.25, -0.2) is 8.78 Å². The van der Waals surface area contributed by atoms with Gasteiger partial charge in [-0.3, -0.25) is 14.4 Å². The van der Waals surface area contributed by atoms with Crippen LogP contribution in [0.3, 0.4) is 0 Å². The Hall–Kier alpha value is -3.29. The van der Waals surface area contributed by atoms with E-state index >= 15 is 0 Å². The number of para-hydroxylation sites is 1. The van der Waals surface area contributed by atoms with Gasteiger partial charge in [0.05, 0.1) is 16.8 Å². The first kappa shape index (κ1) is 19.5. The predicted molar refractivity (Wildman–Crippen MR) is 98.9 cm³/mol. The minimum atomic E-state index is -0.974. The summed E-state index contributed by atoms with van der Waals surface area (Å²) in [5.41, 5.74) is 0.436. The fourth-order valence-corrected chi connectivity index (χ4v) is 2.55. The van der Waals surface area contributed by atoms with E-state index in [0.29, 0.717) is 17.3 Å². The number of hydrogen-bond donors (Lipinski definition) is 3. The van der Waals surface area contributed by atoms with Gasteiger partial charge in [0.15, 0.2) is 0 Å². The number of rotatable bonds is 7. The molecule has 8 heteroatoms. The fourth-order valence-electron chi connectivity index (χ4n) is 2.55. The van der Waals surface area contributed by atoms with Crippen molar-refractivity contribution >= 4 is 23.4 Å². The van der Waals surface area contributed by atoms with E-state index in [4.69, 9.17) is 0 Å². The van der Waals surface area contributed by atoms with Gasteiger partial charge in [-0.1, -0.05) is 12.1 Å². The van der Waals surface area contributed by atoms with Gasteiger partial charge in [-0.2, -0.15) is 0 Å². The monoisotopic (exact) mass is 387 g/mol. The van der Waals surface area contributed by atoms with E-state index in [1.807, 2.05) is 0 Å². The van der Waals surface area contributed by atoms with E-state index in [1.165, 1.54) is 0 Å². The highest BCUT2D eigenvalue weighted by atomic mass is 19.1. The Labute approximate surface area is 160 Å². The van der Waals surface area contributed by atoms with Crippen LogP contribution in [0.2, 0.25) is 0 Å². The summed E-state index contributed by atoms with van der Waals surface area (Å²) in [7, 11) is 0. The van der Waals surface area contributed by atoms with E-state index in [2.05, 4.69) is 16.0 Å². The summed E-state index contributed by atoms with van der Waals surface area (Å²) in [6.07, 6.45) is 1.83. The number of nitrogens with one attached hydrogen (secondary N) is 3. The number of anilines is 1. The van der Waals surface area contributed by atoms with Crippen molar-refractivity contribution in [2.45, 2.75) is 25.3 Å². The first-order valence-electron chi connectivity index (χ1n) is 8.87. The summed E-state index contributed by atoms with van der Waals surface area (Å²) >= 11 is 0. The third kappa shape index (κ3) is 5.12. The molecular weight excluding hydrogens is 368 g/mol. The number of benzene rings is 2. The maximum absolute atomic E-state index is 13.6. The summed E-state index contributed by atoms with van der Waals surface area (Å²) in [4.78, 5) is 36.3. The zero-order valence-corrected chi connectivity index (χ0v) is 14.9. The van der Waals surface area contributed by atoms with Gasteiger partial charge in [-0.15, -0.1) is 0 Å². The molecule has 1 fully saturated rings. The van der Waals surface area contributed by atoms with E-state index in [-0.39, 0.29) is 30.5 Å². The standard InChI is InChI=1S/C20H19F2N3O3/c21-12-5-8-14(16(22)11-12)19(27)23-10-9-18(26)25-17-4-2-1-3-15(17)20(28)24-13-6-7-13/h1-5,8,11,13H,6-7,9-10H2,(H,23,27)(H,24,28)(H,25,26). The highest BCUT2D eigenvalue weighted by Gasteiger charge is 2.25. The third-order valence-corrected chi connectivity index (χ3v) is 4.17. The topological polar surface area (TPSA) is 87.3 Å². The van der Waals surface area contributed by atoms with Crippen LogP contribution in [-0.2, 0) is 4.79 Å². The second kappa shape index (κ2) is 8.60. The van der Waals surface area contributed by atoms with Gasteiger partial charge in [0, 0.05) is 25.1 Å². The second-order valence-electron chi connectivity index (χ2n) is 6.47. The van der Waals surface area contributed by atoms with Crippen molar-refractivity contribution in [1.82, 2.24) is 10.6 Å². The molecule has 146 valence electrons. The summed E-state index contributed by atoms with van der Waals surface area (Å²) in [5.74, 6) is -3.16. The Bertz CT molecular complexity index is 913. The summed E-state index contributed by atoms with van der Waals surface area (Å²) in [6, 6.07) is 9.46. The molecule has 6 nitrogen and oxygen atoms in total. The molecular formula is C20H19F2N3O3. The quantitative estimate of drug-likeness (QED) is 0.683. The van der Waals surface area contributed by atoms with Crippen LogP contribution in [0.5, 0.6) is 0 Å². The predicted octanol–water partition coefficient (Wildman–Crippen LogP) is 2.62. The molecule has 1 aliphatic rings. The average Bonchev–Trinajstić information content (AvgIpc) is 3.46. The molecule has 1 aliphatic carbocycles. The Balaban J connectivity index is 1.52. The van der Waals surface area contributed by atoms with Crippen LogP contribution in [-0.4, -0.2) is 30.3 Å². The lowest BCUT2D eigenvalue weighted by Gasteiger charge is -2.11. The number of carbonyl (C=O) groups is 3. The zero-order chi connectivity index (χ0) is 20.1. The van der Waals surface area contributed by atoms with Gasteiger partial charge < -0.3 is 16.0 Å². The Morgan fingerprint density at radius 1 is 0.964 bits per heavy atom. The van der Waals surface area contributed by atoms with Crippen molar-refractivity contribution in [2.75, 3.05) is 11.9 Å². The molecule has 2 aromatic rings. The van der Waals surface area contributed by atoms with Crippen molar-refractivity contribution < 1.29 is 23.2 Å². The van der Waals surface area contributed by atoms with Crippen LogP contribution < -0.4 is 16.0 Å². The summed E-state index contributed by atoms with van der Waals surface area (Å²) in [6.45, 7) is -0.0437. The molecule has 3 rings (SSSR count). The Morgan fingerprint density at radius 2 is 1.71 bits per heavy atom. The molecule has 3 N–H and O–H groups in total. The van der Waals surface area contributed by atoms with E-state index in [0.717, 1.165) is 25.0 Å². The Morgan fingerprint density at radius 3 is 2.43 bits per heavy atom. The highest BCUT2D eigenvalue weighted by molar-refractivity contribution is 6.04. The largest absolute Gasteiger partial charge is 0.351 e. The smallest absolute Gasteiger partial charge is 0.254 e. The Kier molecular flexibility index (Phi) is 5.98. The lowest BCUT2D eigenvalue weighted by molar-refractivity contribution is -0.116. The van der Waals surface area contributed by atoms with Crippen molar-refractivity contribution in [3.8, 4) is 0 Å². The fraction of sp³-hybridized carbons (Fsp3) is 0.250. The summed E-state index contributed by atoms with van der Waals surface area (Å²) < 4.78 is 26.5. The van der Waals surface area contributed by atoms with Gasteiger partial charge >= 0.3 is 0 Å². The van der Waals surface area contributed by atoms with Crippen LogP contribution in [0, 0.1) is 11.6 Å². The van der Waals surface area contributed by atoms with Gasteiger partial charge in [0.2, 0.25) is 5.91 Å². The second-order valence-corrected chi connectivity index (χ2v) is 6.47. The van der Waals surface area contributed by atoms with Gasteiger partial charge in [0.25, 0.3) is 11.8 Å². The van der Waals surface area contributed by atoms with Gasteiger partial charge in [0.1, 0.15) is 11.6 Å². The summed E-state index contributed by atoms with van der Waals surface area (Å²) in [5, 5.41) is 7.91. The molecule has 2 aromatic carbocycles. The SMILES string of the molecule is O=C(CCNC(=O)c1ccc(F)cc1F)Nc1ccccc1C(=O)NC1CC1. The van der Waals surface area contributed by atoms with Crippen molar-refractivity contribution in [1.29, 1.82) is 0 Å².